The molecule has 2 aromatic carbocycles. The van der Waals surface area contributed by atoms with E-state index in [0.29, 0.717) is 24.1 Å². The number of ether oxygens (including phenoxy) is 1. The summed E-state index contributed by atoms with van der Waals surface area (Å²) < 4.78 is 103. The van der Waals surface area contributed by atoms with E-state index < -0.39 is 43.9 Å². The molecule has 2 aromatic rings. The van der Waals surface area contributed by atoms with Crippen molar-refractivity contribution in [1.82, 2.24) is 4.31 Å². The standard InChI is InChI=1S/C23H27F6N2O4S/c1-4-31(5-2,16-19-11-8-10-18-9-6-7-12-20(18)19)13-14-35-21(32)17(3)15-30(22(24,25)26)36(33,34)23(27,28)29/h6-12,15H,4-5,13-14,16H2,1-3H3/q+1. The van der Waals surface area contributed by atoms with Gasteiger partial charge in [-0.1, -0.05) is 42.5 Å². The van der Waals surface area contributed by atoms with E-state index in [-0.39, 0.29) is 13.2 Å². The predicted octanol–water partition coefficient (Wildman–Crippen LogP) is 5.31. The Morgan fingerprint density at radius 3 is 2.14 bits per heavy atom. The van der Waals surface area contributed by atoms with Crippen molar-refractivity contribution in [2.24, 2.45) is 0 Å². The van der Waals surface area contributed by atoms with Crippen LogP contribution >= 0.6 is 0 Å². The van der Waals surface area contributed by atoms with Crippen LogP contribution in [0.1, 0.15) is 26.3 Å². The molecule has 13 heteroatoms. The van der Waals surface area contributed by atoms with E-state index in [1.54, 1.807) is 0 Å². The van der Waals surface area contributed by atoms with Gasteiger partial charge in [0.15, 0.2) is 0 Å². The topological polar surface area (TPSA) is 63.7 Å². The maximum Gasteiger partial charge on any atom is 0.516 e. The number of rotatable bonds is 10. The molecule has 0 saturated heterocycles. The number of alkyl halides is 6. The van der Waals surface area contributed by atoms with Gasteiger partial charge in [-0.25, -0.2) is 4.79 Å². The zero-order valence-electron chi connectivity index (χ0n) is 19.9. The van der Waals surface area contributed by atoms with Crippen molar-refractivity contribution in [3.05, 3.63) is 59.8 Å². The summed E-state index contributed by atoms with van der Waals surface area (Å²) in [5.74, 6) is -1.36. The molecule has 0 aliphatic heterocycles. The molecule has 0 bridgehead atoms. The number of fused-ring (bicyclic) bond motifs is 1. The number of halogens is 6. The molecule has 0 heterocycles. The molecule has 0 N–H and O–H groups in total. The second-order valence-electron chi connectivity index (χ2n) is 8.16. The first-order valence-corrected chi connectivity index (χ1v) is 12.4. The average molecular weight is 542 g/mol. The summed E-state index contributed by atoms with van der Waals surface area (Å²) in [5.41, 5.74) is -6.12. The maximum atomic E-state index is 13.0. The van der Waals surface area contributed by atoms with Gasteiger partial charge in [0.05, 0.1) is 18.7 Å². The minimum absolute atomic E-state index is 0.242. The third-order valence-electron chi connectivity index (χ3n) is 5.96. The van der Waals surface area contributed by atoms with Crippen molar-refractivity contribution >= 4 is 26.8 Å². The fraction of sp³-hybridized carbons (Fsp3) is 0.435. The molecular formula is C23H27F6N2O4S+. The summed E-state index contributed by atoms with van der Waals surface area (Å²) in [6.45, 7) is 6.50. The van der Waals surface area contributed by atoms with Gasteiger partial charge in [0, 0.05) is 11.8 Å². The third kappa shape index (κ3) is 6.69. The van der Waals surface area contributed by atoms with Crippen LogP contribution < -0.4 is 0 Å². The van der Waals surface area contributed by atoms with Crippen LogP contribution in [0.4, 0.5) is 26.3 Å². The van der Waals surface area contributed by atoms with Crippen LogP contribution in [0.5, 0.6) is 0 Å². The second kappa shape index (κ2) is 11.1. The number of carbonyl (C=O) groups is 1. The van der Waals surface area contributed by atoms with E-state index in [1.165, 1.54) is 0 Å². The highest BCUT2D eigenvalue weighted by Gasteiger charge is 2.57. The highest BCUT2D eigenvalue weighted by atomic mass is 32.2. The molecule has 0 aliphatic rings. The van der Waals surface area contributed by atoms with E-state index in [1.807, 2.05) is 56.3 Å². The summed E-state index contributed by atoms with van der Waals surface area (Å²) in [5, 5.41) is 2.11. The summed E-state index contributed by atoms with van der Waals surface area (Å²) in [6, 6.07) is 13.7. The number of carbonyl (C=O) groups excluding carboxylic acids is 1. The van der Waals surface area contributed by atoms with Crippen LogP contribution in [-0.2, 0) is 26.1 Å². The lowest BCUT2D eigenvalue weighted by molar-refractivity contribution is -0.937. The predicted molar refractivity (Wildman–Crippen MR) is 121 cm³/mol. The van der Waals surface area contributed by atoms with E-state index in [4.69, 9.17) is 4.74 Å². The Bertz CT molecular complexity index is 1200. The molecule has 0 atom stereocenters. The summed E-state index contributed by atoms with van der Waals surface area (Å²) in [4.78, 5) is 12.2. The minimum atomic E-state index is -6.81. The number of sulfonamides is 1. The van der Waals surface area contributed by atoms with Gasteiger partial charge in [-0.05, 0) is 31.5 Å². The van der Waals surface area contributed by atoms with E-state index in [2.05, 4.69) is 0 Å². The van der Waals surface area contributed by atoms with Crippen LogP contribution in [0.25, 0.3) is 10.8 Å². The average Bonchev–Trinajstić information content (AvgIpc) is 2.80. The van der Waals surface area contributed by atoms with Crippen molar-refractivity contribution < 1.29 is 48.8 Å². The fourth-order valence-electron chi connectivity index (χ4n) is 3.70. The van der Waals surface area contributed by atoms with Crippen LogP contribution in [0.15, 0.2) is 54.2 Å². The lowest BCUT2D eigenvalue weighted by atomic mass is 10.0. The smallest absolute Gasteiger partial charge is 0.456 e. The van der Waals surface area contributed by atoms with E-state index in [0.717, 1.165) is 23.3 Å². The Labute approximate surface area is 205 Å². The molecule has 0 saturated carbocycles. The normalized spacial score (nSPS) is 13.6. The van der Waals surface area contributed by atoms with Crippen LogP contribution in [0.2, 0.25) is 0 Å². The van der Waals surface area contributed by atoms with Crippen molar-refractivity contribution in [3.8, 4) is 0 Å². The van der Waals surface area contributed by atoms with Gasteiger partial charge in [-0.3, -0.25) is 0 Å². The molecule has 2 rings (SSSR count). The van der Waals surface area contributed by atoms with Gasteiger partial charge >= 0.3 is 27.8 Å². The molecule has 0 aliphatic carbocycles. The Morgan fingerprint density at radius 1 is 1.00 bits per heavy atom. The van der Waals surface area contributed by atoms with Crippen molar-refractivity contribution in [2.45, 2.75) is 39.1 Å². The van der Waals surface area contributed by atoms with Gasteiger partial charge in [-0.2, -0.15) is 25.9 Å². The number of benzene rings is 2. The third-order valence-corrected chi connectivity index (χ3v) is 7.38. The highest BCUT2D eigenvalue weighted by Crippen LogP contribution is 2.35. The lowest BCUT2D eigenvalue weighted by Gasteiger charge is -2.37. The van der Waals surface area contributed by atoms with Gasteiger partial charge in [0.2, 0.25) is 0 Å². The molecule has 0 fully saturated rings. The van der Waals surface area contributed by atoms with Gasteiger partial charge in [-0.15, -0.1) is 13.2 Å². The van der Waals surface area contributed by atoms with E-state index >= 15 is 0 Å². The van der Waals surface area contributed by atoms with Crippen LogP contribution in [0.3, 0.4) is 0 Å². The number of hydrogen-bond donors (Lipinski definition) is 0. The molecular weight excluding hydrogens is 514 g/mol. The highest BCUT2D eigenvalue weighted by molar-refractivity contribution is 7.90. The number of hydrogen-bond acceptors (Lipinski definition) is 4. The molecule has 36 heavy (non-hydrogen) atoms. The largest absolute Gasteiger partial charge is 0.516 e. The molecule has 0 aromatic heterocycles. The fourth-order valence-corrected chi connectivity index (χ4v) is 4.49. The second-order valence-corrected chi connectivity index (χ2v) is 9.96. The summed E-state index contributed by atoms with van der Waals surface area (Å²) in [6.07, 6.45) is -6.37. The first-order valence-electron chi connectivity index (χ1n) is 10.9. The molecule has 0 spiro atoms. The number of esters is 1. The zero-order chi connectivity index (χ0) is 27.4. The molecule has 0 amide bonds. The Hall–Kier alpha value is -2.80. The quantitative estimate of drug-likeness (QED) is 0.134. The lowest BCUT2D eigenvalue weighted by Crippen LogP contribution is -2.49. The van der Waals surface area contributed by atoms with Crippen LogP contribution in [0, 0.1) is 0 Å². The monoisotopic (exact) mass is 541 g/mol. The summed E-state index contributed by atoms with van der Waals surface area (Å²) in [7, 11) is -6.81. The Morgan fingerprint density at radius 2 is 1.58 bits per heavy atom. The van der Waals surface area contributed by atoms with Gasteiger partial charge in [0.1, 0.15) is 19.7 Å². The SMILES string of the molecule is CC[N+](CC)(CCOC(=O)C(C)=CN(C(F)(F)F)S(=O)(=O)C(F)(F)F)Cc1cccc2ccccc12. The molecule has 0 unspecified atom stereocenters. The van der Waals surface area contributed by atoms with Crippen molar-refractivity contribution in [1.29, 1.82) is 0 Å². The zero-order valence-corrected chi connectivity index (χ0v) is 20.7. The number of nitrogens with zero attached hydrogens (tertiary/aromatic N) is 2. The van der Waals surface area contributed by atoms with Crippen molar-refractivity contribution in [2.75, 3.05) is 26.2 Å². The van der Waals surface area contributed by atoms with Crippen LogP contribution in [-0.4, -0.2) is 61.2 Å². The minimum Gasteiger partial charge on any atom is -0.456 e. The first kappa shape index (κ1) is 29.4. The Balaban J connectivity index is 2.18. The molecule has 200 valence electrons. The molecule has 6 nitrogen and oxygen atoms in total. The van der Waals surface area contributed by atoms with Gasteiger partial charge in [0.25, 0.3) is 0 Å². The van der Waals surface area contributed by atoms with Gasteiger partial charge < -0.3 is 9.22 Å². The summed E-state index contributed by atoms with van der Waals surface area (Å²) >= 11 is 0. The first-order chi connectivity index (χ1) is 16.6. The Kier molecular flexibility index (Phi) is 9.05. The maximum absolute atomic E-state index is 13.0. The molecule has 0 radical (unpaired) electrons. The van der Waals surface area contributed by atoms with E-state index in [9.17, 15) is 39.6 Å². The number of quaternary nitrogens is 1. The van der Waals surface area contributed by atoms with Crippen molar-refractivity contribution in [3.63, 3.8) is 0 Å². The number of likely N-dealkylation sites (N-methyl/N-ethyl adjacent to an activating group) is 1.